The van der Waals surface area contributed by atoms with Crippen molar-refractivity contribution in [1.29, 1.82) is 0 Å². The maximum atomic E-state index is 5.40. The second-order valence-corrected chi connectivity index (χ2v) is 1.85. The van der Waals surface area contributed by atoms with E-state index >= 15 is 0 Å². The molecule has 1 rings (SSSR count). The molecule has 46 valence electrons. The van der Waals surface area contributed by atoms with Crippen LogP contribution in [0.1, 0.15) is 0 Å². The van der Waals surface area contributed by atoms with E-state index in [9.17, 15) is 0 Å². The quantitative estimate of drug-likeness (QED) is 0.491. The number of halogens is 2. The largest absolute Gasteiger partial charge is 0.444 e. The summed E-state index contributed by atoms with van der Waals surface area (Å²) >= 11 is 10.4. The van der Waals surface area contributed by atoms with Crippen LogP contribution < -0.4 is 0 Å². The Labute approximate surface area is 56.3 Å². The number of hydrogen-bond acceptors (Lipinski definition) is 3. The Kier molecular flexibility index (Phi) is 1.81. The van der Waals surface area contributed by atoms with Crippen LogP contribution in [0.2, 0.25) is 0 Å². The molecule has 3 nitrogen and oxygen atoms in total. The van der Waals surface area contributed by atoms with Crippen LogP contribution in [0.25, 0.3) is 0 Å². The molecule has 1 aliphatic heterocycles. The van der Waals surface area contributed by atoms with Gasteiger partial charge in [0.25, 0.3) is 0 Å². The standard InChI is InChI=1S/C3H3Cl2NO2/c4-2-1-7-3(6-5)8-2/h2H,1H2. The smallest absolute Gasteiger partial charge is 0.402 e. The van der Waals surface area contributed by atoms with Crippen LogP contribution in [-0.2, 0) is 9.47 Å². The number of alkyl halides is 1. The molecular formula is C3H3Cl2NO2. The van der Waals surface area contributed by atoms with Gasteiger partial charge in [-0.05, 0) is 0 Å². The van der Waals surface area contributed by atoms with Crippen molar-refractivity contribution >= 4 is 29.5 Å². The Morgan fingerprint density at radius 3 is 2.75 bits per heavy atom. The molecule has 1 aliphatic rings. The van der Waals surface area contributed by atoms with E-state index in [2.05, 4.69) is 14.0 Å². The van der Waals surface area contributed by atoms with Gasteiger partial charge in [0.1, 0.15) is 6.61 Å². The lowest BCUT2D eigenvalue weighted by molar-refractivity contribution is 0.313. The summed E-state index contributed by atoms with van der Waals surface area (Å²) in [7, 11) is 0. The summed E-state index contributed by atoms with van der Waals surface area (Å²) in [5.41, 5.74) is -0.438. The first-order valence-corrected chi connectivity index (χ1v) is 2.73. The molecule has 0 N–H and O–H groups in total. The van der Waals surface area contributed by atoms with Gasteiger partial charge in [-0.2, -0.15) is 0 Å². The second-order valence-electron chi connectivity index (χ2n) is 1.19. The van der Waals surface area contributed by atoms with Crippen molar-refractivity contribution in [3.63, 3.8) is 0 Å². The molecule has 0 aliphatic carbocycles. The number of ether oxygens (including phenoxy) is 2. The van der Waals surface area contributed by atoms with E-state index in [-0.39, 0.29) is 6.08 Å². The topological polar surface area (TPSA) is 30.8 Å². The Hall–Kier alpha value is -0.150. The van der Waals surface area contributed by atoms with Crippen molar-refractivity contribution in [2.24, 2.45) is 4.51 Å². The molecule has 0 aromatic heterocycles. The third-order valence-electron chi connectivity index (χ3n) is 0.636. The van der Waals surface area contributed by atoms with Crippen molar-refractivity contribution < 1.29 is 9.47 Å². The second kappa shape index (κ2) is 2.42. The van der Waals surface area contributed by atoms with Crippen molar-refractivity contribution in [3.8, 4) is 0 Å². The van der Waals surface area contributed by atoms with Crippen molar-refractivity contribution in [2.45, 2.75) is 5.56 Å². The first kappa shape index (κ1) is 5.98. The Morgan fingerprint density at radius 1 is 1.75 bits per heavy atom. The maximum absolute atomic E-state index is 5.40. The normalized spacial score (nSPS) is 32.2. The average Bonchev–Trinajstić information content (AvgIpc) is 2.14. The highest BCUT2D eigenvalue weighted by Crippen LogP contribution is 2.09. The number of nitrogens with zero attached hydrogens (tertiary/aromatic N) is 1. The molecule has 0 saturated carbocycles. The first-order valence-electron chi connectivity index (χ1n) is 1.95. The highest BCUT2D eigenvalue weighted by atomic mass is 35.5. The monoisotopic (exact) mass is 155 g/mol. The minimum absolute atomic E-state index is 0.0478. The lowest BCUT2D eigenvalue weighted by Gasteiger charge is -1.90. The third kappa shape index (κ3) is 1.17. The summed E-state index contributed by atoms with van der Waals surface area (Å²) < 4.78 is 12.4. The van der Waals surface area contributed by atoms with Crippen LogP contribution in [0, 0.1) is 0 Å². The van der Waals surface area contributed by atoms with Gasteiger partial charge in [0.15, 0.2) is 0 Å². The Balaban J connectivity index is 2.44. The third-order valence-corrected chi connectivity index (χ3v) is 0.989. The minimum Gasteiger partial charge on any atom is -0.444 e. The molecular weight excluding hydrogens is 153 g/mol. The average molecular weight is 156 g/mol. The van der Waals surface area contributed by atoms with E-state index < -0.39 is 5.56 Å². The Morgan fingerprint density at radius 2 is 2.50 bits per heavy atom. The van der Waals surface area contributed by atoms with Gasteiger partial charge in [-0.3, -0.25) is 0 Å². The van der Waals surface area contributed by atoms with Crippen molar-refractivity contribution in [1.82, 2.24) is 0 Å². The summed E-state index contributed by atoms with van der Waals surface area (Å²) in [6.45, 7) is 0.313. The minimum atomic E-state index is -0.438. The van der Waals surface area contributed by atoms with Gasteiger partial charge < -0.3 is 9.47 Å². The van der Waals surface area contributed by atoms with Crippen LogP contribution in [0.5, 0.6) is 0 Å². The molecule has 5 heteroatoms. The van der Waals surface area contributed by atoms with E-state index in [4.69, 9.17) is 23.4 Å². The summed E-state index contributed by atoms with van der Waals surface area (Å²) in [6.07, 6.45) is 0.0478. The van der Waals surface area contributed by atoms with Gasteiger partial charge in [0, 0.05) is 11.8 Å². The van der Waals surface area contributed by atoms with Crippen molar-refractivity contribution in [3.05, 3.63) is 0 Å². The number of hydrogen-bond donors (Lipinski definition) is 0. The highest BCUT2D eigenvalue weighted by Gasteiger charge is 2.19. The molecule has 1 unspecified atom stereocenters. The van der Waals surface area contributed by atoms with Crippen LogP contribution in [0.15, 0.2) is 4.51 Å². The molecule has 1 atom stereocenters. The van der Waals surface area contributed by atoms with Gasteiger partial charge in [-0.15, -0.1) is 4.51 Å². The predicted molar refractivity (Wildman–Crippen MR) is 30.0 cm³/mol. The molecule has 1 saturated heterocycles. The zero-order valence-corrected chi connectivity index (χ0v) is 5.32. The summed E-state index contributed by atoms with van der Waals surface area (Å²) in [5, 5.41) is 0. The molecule has 1 fully saturated rings. The van der Waals surface area contributed by atoms with Gasteiger partial charge >= 0.3 is 6.08 Å². The SMILES string of the molecule is ClN=C1OCC(Cl)O1. The molecule has 0 aromatic carbocycles. The van der Waals surface area contributed by atoms with E-state index in [0.717, 1.165) is 0 Å². The molecule has 0 spiro atoms. The molecule has 8 heavy (non-hydrogen) atoms. The highest BCUT2D eigenvalue weighted by molar-refractivity contribution is 6.22. The van der Waals surface area contributed by atoms with Gasteiger partial charge in [-0.1, -0.05) is 11.6 Å². The lowest BCUT2D eigenvalue weighted by atomic mass is 10.8. The van der Waals surface area contributed by atoms with E-state index in [1.165, 1.54) is 0 Å². The zero-order chi connectivity index (χ0) is 5.98. The van der Waals surface area contributed by atoms with Crippen LogP contribution in [0.3, 0.4) is 0 Å². The Bertz CT molecular complexity index is 116. The summed E-state index contributed by atoms with van der Waals surface area (Å²) in [4.78, 5) is 0. The fraction of sp³-hybridized carbons (Fsp3) is 0.667. The van der Waals surface area contributed by atoms with Crippen molar-refractivity contribution in [2.75, 3.05) is 6.61 Å². The maximum Gasteiger partial charge on any atom is 0.402 e. The first-order chi connectivity index (χ1) is 3.83. The molecule has 0 amide bonds. The predicted octanol–water partition coefficient (Wildman–Crippen LogP) is 1.11. The molecule has 1 heterocycles. The van der Waals surface area contributed by atoms with Crippen LogP contribution in [0.4, 0.5) is 0 Å². The van der Waals surface area contributed by atoms with Gasteiger partial charge in [0.05, 0.1) is 0 Å². The molecule has 0 radical (unpaired) electrons. The van der Waals surface area contributed by atoms with Gasteiger partial charge in [0.2, 0.25) is 5.56 Å². The lowest BCUT2D eigenvalue weighted by Crippen LogP contribution is -1.98. The van der Waals surface area contributed by atoms with Crippen LogP contribution >= 0.6 is 23.4 Å². The van der Waals surface area contributed by atoms with Gasteiger partial charge in [-0.25, -0.2) is 0 Å². The number of rotatable bonds is 0. The van der Waals surface area contributed by atoms with E-state index in [1.807, 2.05) is 0 Å². The van der Waals surface area contributed by atoms with E-state index in [0.29, 0.717) is 6.61 Å². The summed E-state index contributed by atoms with van der Waals surface area (Å²) in [5.74, 6) is 0. The molecule has 0 aromatic rings. The van der Waals surface area contributed by atoms with E-state index in [1.54, 1.807) is 0 Å². The fourth-order valence-corrected chi connectivity index (χ4v) is 0.586. The van der Waals surface area contributed by atoms with Crippen LogP contribution in [-0.4, -0.2) is 18.3 Å². The summed E-state index contributed by atoms with van der Waals surface area (Å²) in [6, 6.07) is 0. The fourth-order valence-electron chi connectivity index (χ4n) is 0.359. The zero-order valence-electron chi connectivity index (χ0n) is 3.80. The molecule has 0 bridgehead atoms.